The molecule has 0 amide bonds. The summed E-state index contributed by atoms with van der Waals surface area (Å²) in [5, 5.41) is 0. The summed E-state index contributed by atoms with van der Waals surface area (Å²) in [5.41, 5.74) is 7.39. The van der Waals surface area contributed by atoms with Crippen molar-refractivity contribution in [3.63, 3.8) is 0 Å². The summed E-state index contributed by atoms with van der Waals surface area (Å²) in [7, 11) is -9.00. The Morgan fingerprint density at radius 2 is 0.593 bits per heavy atom. The molecular formula is C44H44O8P2. The number of aryl methyl sites for hydroxylation is 8. The Morgan fingerprint density at radius 1 is 0.315 bits per heavy atom. The third kappa shape index (κ3) is 8.85. The summed E-state index contributed by atoms with van der Waals surface area (Å²) < 4.78 is 67.6. The normalized spacial score (nSPS) is 11.5. The molecule has 0 aliphatic carbocycles. The summed E-state index contributed by atoms with van der Waals surface area (Å²) in [6.07, 6.45) is 0. The van der Waals surface area contributed by atoms with Gasteiger partial charge in [0, 0.05) is 6.07 Å². The van der Waals surface area contributed by atoms with E-state index in [-0.39, 0.29) is 11.5 Å². The molecule has 0 N–H and O–H groups in total. The molecule has 0 atom stereocenters. The highest BCUT2D eigenvalue weighted by Gasteiger charge is 2.38. The van der Waals surface area contributed by atoms with Crippen LogP contribution in [0.1, 0.15) is 44.5 Å². The van der Waals surface area contributed by atoms with Crippen molar-refractivity contribution in [2.75, 3.05) is 0 Å². The molecule has 0 fully saturated rings. The Balaban J connectivity index is 1.48. The zero-order chi connectivity index (χ0) is 38.6. The maximum atomic E-state index is 15.0. The highest BCUT2D eigenvalue weighted by Crippen LogP contribution is 2.56. The molecule has 0 radical (unpaired) electrons. The largest absolute Gasteiger partial charge is 0.647 e. The van der Waals surface area contributed by atoms with Crippen LogP contribution in [0, 0.1) is 55.4 Å². The first-order valence-electron chi connectivity index (χ1n) is 17.6. The minimum absolute atomic E-state index is 0.0675. The van der Waals surface area contributed by atoms with Crippen LogP contribution in [0.25, 0.3) is 11.1 Å². The molecule has 0 bridgehead atoms. The number of hydrogen-bond acceptors (Lipinski definition) is 8. The second-order valence-corrected chi connectivity index (χ2v) is 16.3. The molecule has 0 saturated carbocycles. The molecule has 0 aromatic heterocycles. The number of phosphoric acid groups is 2. The lowest BCUT2D eigenvalue weighted by atomic mass is 10.1. The van der Waals surface area contributed by atoms with Gasteiger partial charge >= 0.3 is 15.6 Å². The highest BCUT2D eigenvalue weighted by atomic mass is 31.2. The van der Waals surface area contributed by atoms with E-state index in [0.717, 1.165) is 50.1 Å². The average Bonchev–Trinajstić information content (AvgIpc) is 3.12. The van der Waals surface area contributed by atoms with Crippen LogP contribution in [0.5, 0.6) is 34.5 Å². The maximum absolute atomic E-state index is 15.0. The fourth-order valence-electron chi connectivity index (χ4n) is 6.06. The van der Waals surface area contributed by atoms with Crippen molar-refractivity contribution in [2.24, 2.45) is 0 Å². The summed E-state index contributed by atoms with van der Waals surface area (Å²) in [4.78, 5) is 0. The number of phosphoric ester groups is 2. The van der Waals surface area contributed by atoms with Crippen LogP contribution < -0.4 is 27.1 Å². The first-order chi connectivity index (χ1) is 25.7. The average molecular weight is 763 g/mol. The molecule has 6 rings (SSSR count). The van der Waals surface area contributed by atoms with Gasteiger partial charge in [-0.3, -0.25) is 0 Å². The van der Waals surface area contributed by atoms with Crippen LogP contribution in [-0.4, -0.2) is 0 Å². The predicted molar refractivity (Wildman–Crippen MR) is 215 cm³/mol. The van der Waals surface area contributed by atoms with Gasteiger partial charge in [0.2, 0.25) is 0 Å². The predicted octanol–water partition coefficient (Wildman–Crippen LogP) is 13.1. The lowest BCUT2D eigenvalue weighted by Gasteiger charge is -2.24. The SMILES string of the molecule is Cc1cccc(C)c1OP(=O)(Oc1cc(OP(=O)(Oc2c(C)cccc2C)Oc2c(C)cccc2C)cc(-c2ccccc2)c1)Oc1c(C)cccc1C. The topological polar surface area (TPSA) is 89.5 Å². The Morgan fingerprint density at radius 3 is 0.870 bits per heavy atom. The Hall–Kier alpha value is -5.42. The molecule has 6 aromatic carbocycles. The third-order valence-electron chi connectivity index (χ3n) is 8.87. The first kappa shape index (κ1) is 38.3. The van der Waals surface area contributed by atoms with E-state index in [2.05, 4.69) is 0 Å². The molecule has 0 aliphatic heterocycles. The second-order valence-electron chi connectivity index (χ2n) is 13.4. The minimum Gasteiger partial charge on any atom is -0.386 e. The molecule has 54 heavy (non-hydrogen) atoms. The van der Waals surface area contributed by atoms with Gasteiger partial charge in [-0.25, -0.2) is 0 Å². The molecular weight excluding hydrogens is 718 g/mol. The van der Waals surface area contributed by atoms with Crippen molar-refractivity contribution in [3.8, 4) is 45.6 Å². The third-order valence-corrected chi connectivity index (χ3v) is 11.4. The zero-order valence-electron chi connectivity index (χ0n) is 31.7. The number of para-hydroxylation sites is 4. The minimum atomic E-state index is -4.50. The smallest absolute Gasteiger partial charge is 0.386 e. The van der Waals surface area contributed by atoms with Gasteiger partial charge in [0.25, 0.3) is 0 Å². The molecule has 0 spiro atoms. The van der Waals surface area contributed by atoms with E-state index in [9.17, 15) is 9.13 Å². The van der Waals surface area contributed by atoms with E-state index < -0.39 is 15.6 Å². The van der Waals surface area contributed by atoms with Gasteiger partial charge < -0.3 is 27.1 Å². The summed E-state index contributed by atoms with van der Waals surface area (Å²) in [6.45, 7) is 14.9. The van der Waals surface area contributed by atoms with Gasteiger partial charge in [-0.1, -0.05) is 103 Å². The number of benzene rings is 6. The zero-order valence-corrected chi connectivity index (χ0v) is 33.5. The Labute approximate surface area is 317 Å². The summed E-state index contributed by atoms with van der Waals surface area (Å²) in [6, 6.07) is 36.8. The van der Waals surface area contributed by atoms with Crippen LogP contribution >= 0.6 is 15.6 Å². The van der Waals surface area contributed by atoms with Crippen LogP contribution in [0.2, 0.25) is 0 Å². The summed E-state index contributed by atoms with van der Waals surface area (Å²) in [5.74, 6) is 1.62. The van der Waals surface area contributed by atoms with Gasteiger partial charge in [0.1, 0.15) is 34.5 Å². The van der Waals surface area contributed by atoms with Gasteiger partial charge in [0.15, 0.2) is 0 Å². The van der Waals surface area contributed by atoms with Crippen molar-refractivity contribution >= 4 is 15.6 Å². The lowest BCUT2D eigenvalue weighted by Crippen LogP contribution is -2.11. The Bertz CT molecular complexity index is 2070. The van der Waals surface area contributed by atoms with E-state index in [1.54, 1.807) is 12.1 Å². The van der Waals surface area contributed by atoms with Gasteiger partial charge in [-0.05, 0) is 123 Å². The van der Waals surface area contributed by atoms with Crippen molar-refractivity contribution in [1.82, 2.24) is 0 Å². The fraction of sp³-hybridized carbons (Fsp3) is 0.182. The fourth-order valence-corrected chi connectivity index (χ4v) is 9.06. The second kappa shape index (κ2) is 15.9. The van der Waals surface area contributed by atoms with E-state index in [0.29, 0.717) is 28.6 Å². The molecule has 0 unspecified atom stereocenters. The van der Waals surface area contributed by atoms with Gasteiger partial charge in [-0.15, -0.1) is 0 Å². The van der Waals surface area contributed by atoms with E-state index in [4.69, 9.17) is 27.1 Å². The molecule has 0 aliphatic rings. The van der Waals surface area contributed by atoms with Gasteiger partial charge in [-0.2, -0.15) is 9.13 Å². The molecule has 0 heterocycles. The first-order valence-corrected chi connectivity index (χ1v) is 20.5. The summed E-state index contributed by atoms with van der Waals surface area (Å²) >= 11 is 0. The molecule has 0 saturated heterocycles. The lowest BCUT2D eigenvalue weighted by molar-refractivity contribution is 0.292. The van der Waals surface area contributed by atoms with Crippen molar-refractivity contribution in [1.29, 1.82) is 0 Å². The van der Waals surface area contributed by atoms with Gasteiger partial charge in [0.05, 0.1) is 0 Å². The molecule has 278 valence electrons. The van der Waals surface area contributed by atoms with E-state index in [1.165, 1.54) is 6.07 Å². The van der Waals surface area contributed by atoms with Crippen molar-refractivity contribution in [2.45, 2.75) is 55.4 Å². The van der Waals surface area contributed by atoms with Crippen LogP contribution in [-0.2, 0) is 9.13 Å². The van der Waals surface area contributed by atoms with Crippen LogP contribution in [0.4, 0.5) is 0 Å². The number of rotatable bonds is 13. The highest BCUT2D eigenvalue weighted by molar-refractivity contribution is 7.50. The Kier molecular flexibility index (Phi) is 11.3. The molecule has 10 heteroatoms. The van der Waals surface area contributed by atoms with E-state index >= 15 is 0 Å². The maximum Gasteiger partial charge on any atom is 0.647 e. The monoisotopic (exact) mass is 762 g/mol. The number of hydrogen-bond donors (Lipinski definition) is 0. The van der Waals surface area contributed by atoms with Crippen LogP contribution in [0.15, 0.2) is 121 Å². The van der Waals surface area contributed by atoms with E-state index in [1.807, 2.05) is 159 Å². The van der Waals surface area contributed by atoms with Crippen molar-refractivity contribution < 1.29 is 36.3 Å². The standard InChI is InChI=1S/C44H44O8P2/c1-29-16-12-17-30(2)41(29)49-53(45,50-42-31(3)18-13-19-32(42)4)47-39-26-38(37-24-10-9-11-25-37)27-40(28-39)48-54(46,51-43-33(5)20-14-21-34(43)6)52-44-35(7)22-15-23-36(44)8/h9-28H,1-8H3. The quantitative estimate of drug-likeness (QED) is 0.107. The molecule has 6 aromatic rings. The van der Waals surface area contributed by atoms with Crippen molar-refractivity contribution in [3.05, 3.63) is 166 Å². The van der Waals surface area contributed by atoms with Crippen LogP contribution in [0.3, 0.4) is 0 Å². The molecule has 8 nitrogen and oxygen atoms in total.